The molecule has 0 N–H and O–H groups in total. The lowest BCUT2D eigenvalue weighted by atomic mass is 10.0. The molecule has 0 aliphatic carbocycles. The average Bonchev–Trinajstić information content (AvgIpc) is 3.14. The van der Waals surface area contributed by atoms with Crippen LogP contribution in [0.5, 0.6) is 0 Å². The van der Waals surface area contributed by atoms with Crippen molar-refractivity contribution in [1.82, 2.24) is 0 Å². The molecule has 0 spiro atoms. The van der Waals surface area contributed by atoms with Crippen molar-refractivity contribution in [1.29, 1.82) is 0 Å². The lowest BCUT2D eigenvalue weighted by Crippen LogP contribution is -2.30. The first kappa shape index (κ1) is 51.4. The largest absolute Gasteiger partial charge is 0.462 e. The Morgan fingerprint density at radius 3 is 0.925 bits per heavy atom. The second-order valence-corrected chi connectivity index (χ2v) is 16.5. The first-order valence-electron chi connectivity index (χ1n) is 23.4. The quantitative estimate of drug-likeness (QED) is 0.0351. The van der Waals surface area contributed by atoms with Crippen molar-refractivity contribution in [3.8, 4) is 0 Å². The van der Waals surface area contributed by atoms with Gasteiger partial charge in [0.15, 0.2) is 6.10 Å². The van der Waals surface area contributed by atoms with Crippen LogP contribution in [0.25, 0.3) is 0 Å². The highest BCUT2D eigenvalue weighted by Gasteiger charge is 2.19. The SMILES string of the molecule is CCCCCCCCCCCCCCCC(=O)OC[C@@H](COC(=O)CCCCCCCCCCCC(C)C)OC(=O)CCCCCCCCCCCC. The molecule has 0 saturated heterocycles. The zero-order chi connectivity index (χ0) is 38.9. The molecule has 0 aromatic carbocycles. The molecular weight excluding hydrogens is 661 g/mol. The summed E-state index contributed by atoms with van der Waals surface area (Å²) in [5.41, 5.74) is 0. The normalized spacial score (nSPS) is 11.9. The number of carbonyl (C=O) groups excluding carboxylic acids is 3. The molecule has 0 saturated carbocycles. The van der Waals surface area contributed by atoms with Gasteiger partial charge in [0.2, 0.25) is 0 Å². The molecule has 0 aromatic rings. The third-order valence-corrected chi connectivity index (χ3v) is 10.5. The minimum Gasteiger partial charge on any atom is -0.462 e. The van der Waals surface area contributed by atoms with Gasteiger partial charge in [-0.1, -0.05) is 220 Å². The van der Waals surface area contributed by atoms with Gasteiger partial charge in [-0.25, -0.2) is 0 Å². The Hall–Kier alpha value is -1.59. The molecule has 0 heterocycles. The molecule has 0 radical (unpaired) electrons. The van der Waals surface area contributed by atoms with E-state index < -0.39 is 6.10 Å². The summed E-state index contributed by atoms with van der Waals surface area (Å²) in [4.78, 5) is 37.7. The molecule has 1 atom stereocenters. The van der Waals surface area contributed by atoms with Crippen molar-refractivity contribution >= 4 is 17.9 Å². The monoisotopic (exact) mass is 751 g/mol. The molecule has 0 aliphatic heterocycles. The van der Waals surface area contributed by atoms with Gasteiger partial charge in [-0.15, -0.1) is 0 Å². The molecule has 314 valence electrons. The summed E-state index contributed by atoms with van der Waals surface area (Å²) in [6, 6.07) is 0. The maximum Gasteiger partial charge on any atom is 0.306 e. The highest BCUT2D eigenvalue weighted by Crippen LogP contribution is 2.16. The number of hydrogen-bond donors (Lipinski definition) is 0. The van der Waals surface area contributed by atoms with Gasteiger partial charge >= 0.3 is 17.9 Å². The van der Waals surface area contributed by atoms with Crippen LogP contribution < -0.4 is 0 Å². The molecule has 6 nitrogen and oxygen atoms in total. The van der Waals surface area contributed by atoms with E-state index >= 15 is 0 Å². The van der Waals surface area contributed by atoms with Crippen molar-refractivity contribution in [2.75, 3.05) is 13.2 Å². The Labute approximate surface area is 329 Å². The number of carbonyl (C=O) groups is 3. The molecule has 0 rings (SSSR count). The number of ether oxygens (including phenoxy) is 3. The van der Waals surface area contributed by atoms with Crippen LogP contribution in [0.2, 0.25) is 0 Å². The van der Waals surface area contributed by atoms with Gasteiger partial charge in [0.05, 0.1) is 0 Å². The third-order valence-electron chi connectivity index (χ3n) is 10.5. The second-order valence-electron chi connectivity index (χ2n) is 16.5. The maximum absolute atomic E-state index is 12.7. The smallest absolute Gasteiger partial charge is 0.306 e. The van der Waals surface area contributed by atoms with Gasteiger partial charge in [0, 0.05) is 19.3 Å². The zero-order valence-electron chi connectivity index (χ0n) is 36.0. The molecule has 0 aliphatic rings. The average molecular weight is 751 g/mol. The molecular formula is C47H90O6. The highest BCUT2D eigenvalue weighted by atomic mass is 16.6. The van der Waals surface area contributed by atoms with E-state index in [0.29, 0.717) is 19.3 Å². The number of unbranched alkanes of at least 4 members (excludes halogenated alkanes) is 29. The van der Waals surface area contributed by atoms with Crippen LogP contribution in [0.3, 0.4) is 0 Å². The van der Waals surface area contributed by atoms with Gasteiger partial charge in [-0.05, 0) is 25.2 Å². The number of esters is 3. The molecule has 6 heteroatoms. The van der Waals surface area contributed by atoms with Gasteiger partial charge in [-0.2, -0.15) is 0 Å². The third kappa shape index (κ3) is 41.4. The van der Waals surface area contributed by atoms with Crippen molar-refractivity contribution < 1.29 is 28.6 Å². The van der Waals surface area contributed by atoms with E-state index in [4.69, 9.17) is 14.2 Å². The lowest BCUT2D eigenvalue weighted by Gasteiger charge is -2.18. The molecule has 0 fully saturated rings. The molecule has 0 unspecified atom stereocenters. The minimum absolute atomic E-state index is 0.0637. The van der Waals surface area contributed by atoms with Gasteiger partial charge in [0.1, 0.15) is 13.2 Å². The summed E-state index contributed by atoms with van der Waals surface area (Å²) in [6.07, 6.45) is 40.8. The summed E-state index contributed by atoms with van der Waals surface area (Å²) in [6.45, 7) is 8.97. The first-order valence-corrected chi connectivity index (χ1v) is 23.4. The Balaban J connectivity index is 4.31. The van der Waals surface area contributed by atoms with E-state index in [1.54, 1.807) is 0 Å². The number of rotatable bonds is 42. The van der Waals surface area contributed by atoms with Crippen LogP contribution in [-0.4, -0.2) is 37.2 Å². The van der Waals surface area contributed by atoms with Crippen LogP contribution in [0.15, 0.2) is 0 Å². The predicted octanol–water partition coefficient (Wildman–Crippen LogP) is 14.7. The molecule has 0 amide bonds. The van der Waals surface area contributed by atoms with Crippen molar-refractivity contribution in [3.63, 3.8) is 0 Å². The Morgan fingerprint density at radius 2 is 0.623 bits per heavy atom. The summed E-state index contributed by atoms with van der Waals surface area (Å²) in [5, 5.41) is 0. The first-order chi connectivity index (χ1) is 25.9. The Kier molecular flexibility index (Phi) is 40.3. The van der Waals surface area contributed by atoms with Crippen LogP contribution in [0, 0.1) is 5.92 Å². The second kappa shape index (κ2) is 41.6. The van der Waals surface area contributed by atoms with Gasteiger partial charge in [0.25, 0.3) is 0 Å². The summed E-state index contributed by atoms with van der Waals surface area (Å²) in [5.74, 6) is -0.0454. The fraction of sp³-hybridized carbons (Fsp3) is 0.936. The molecule has 0 aromatic heterocycles. The van der Waals surface area contributed by atoms with Crippen molar-refractivity contribution in [2.45, 2.75) is 265 Å². The van der Waals surface area contributed by atoms with Crippen LogP contribution in [-0.2, 0) is 28.6 Å². The van der Waals surface area contributed by atoms with Crippen molar-refractivity contribution in [3.05, 3.63) is 0 Å². The van der Waals surface area contributed by atoms with E-state index in [1.165, 1.54) is 154 Å². The maximum atomic E-state index is 12.7. The standard InChI is InChI=1S/C47H90O6/c1-5-7-9-11-13-15-17-18-19-23-26-30-34-38-45(48)51-41-44(53-47(50)40-36-32-28-22-16-14-12-10-8-6-2)42-52-46(49)39-35-31-27-24-20-21-25-29-33-37-43(3)4/h43-44H,5-42H2,1-4H3/t44-/m0/s1. The summed E-state index contributed by atoms with van der Waals surface area (Å²) in [7, 11) is 0. The fourth-order valence-electron chi connectivity index (χ4n) is 6.98. The van der Waals surface area contributed by atoms with E-state index in [2.05, 4.69) is 27.7 Å². The molecule has 53 heavy (non-hydrogen) atoms. The van der Waals surface area contributed by atoms with Crippen LogP contribution >= 0.6 is 0 Å². The van der Waals surface area contributed by atoms with E-state index in [9.17, 15) is 14.4 Å². The zero-order valence-corrected chi connectivity index (χ0v) is 36.0. The van der Waals surface area contributed by atoms with E-state index in [1.807, 2.05) is 0 Å². The lowest BCUT2D eigenvalue weighted by molar-refractivity contribution is -0.167. The van der Waals surface area contributed by atoms with Gasteiger partial charge < -0.3 is 14.2 Å². The summed E-state index contributed by atoms with van der Waals surface area (Å²) < 4.78 is 16.7. The van der Waals surface area contributed by atoms with Crippen molar-refractivity contribution in [2.24, 2.45) is 5.92 Å². The summed E-state index contributed by atoms with van der Waals surface area (Å²) >= 11 is 0. The Bertz CT molecular complexity index is 796. The Morgan fingerprint density at radius 1 is 0.358 bits per heavy atom. The number of hydrogen-bond acceptors (Lipinski definition) is 6. The fourth-order valence-corrected chi connectivity index (χ4v) is 6.98. The van der Waals surface area contributed by atoms with Crippen LogP contribution in [0.4, 0.5) is 0 Å². The van der Waals surface area contributed by atoms with Crippen LogP contribution in [0.1, 0.15) is 259 Å². The predicted molar refractivity (Wildman–Crippen MR) is 224 cm³/mol. The van der Waals surface area contributed by atoms with E-state index in [0.717, 1.165) is 63.7 Å². The molecule has 0 bridgehead atoms. The van der Waals surface area contributed by atoms with Gasteiger partial charge in [-0.3, -0.25) is 14.4 Å². The highest BCUT2D eigenvalue weighted by molar-refractivity contribution is 5.71. The van der Waals surface area contributed by atoms with E-state index in [-0.39, 0.29) is 31.1 Å². The minimum atomic E-state index is -0.759. The topological polar surface area (TPSA) is 78.9 Å².